The van der Waals surface area contributed by atoms with Gasteiger partial charge in [0.2, 0.25) is 0 Å². The molecule has 0 spiro atoms. The SMILES string of the molecule is CS1(C)c2ccccc2-c2ccc(N(c3ccc(C4(c5ccccc5)c5ccccc5-c5ccccc54)cc3)c3ccc(-c4ccccc4)cc3-c3ccccc3)cc21. The number of benzene rings is 9. The number of fused-ring (bicyclic) bond motifs is 6. The molecule has 0 unspecified atom stereocenters. The van der Waals surface area contributed by atoms with Gasteiger partial charge >= 0.3 is 0 Å². The summed E-state index contributed by atoms with van der Waals surface area (Å²) in [7, 11) is -1.23. The highest BCUT2D eigenvalue weighted by Gasteiger charge is 2.46. The molecule has 0 amide bonds. The van der Waals surface area contributed by atoms with E-state index in [0.717, 1.165) is 17.1 Å². The molecule has 1 nitrogen and oxygen atoms in total. The Bertz CT molecular complexity index is 2960. The second-order valence-corrected chi connectivity index (χ2v) is 19.6. The predicted octanol–water partition coefficient (Wildman–Crippen LogP) is 15.3. The Balaban J connectivity index is 1.14. The van der Waals surface area contributed by atoms with Gasteiger partial charge in [-0.15, -0.1) is 0 Å². The number of nitrogens with zero attached hydrogens (tertiary/aromatic N) is 1. The van der Waals surface area contributed by atoms with Gasteiger partial charge in [-0.2, -0.15) is 10.0 Å². The highest BCUT2D eigenvalue weighted by atomic mass is 32.3. The van der Waals surface area contributed by atoms with Crippen LogP contribution in [0, 0.1) is 0 Å². The molecule has 2 aliphatic rings. The first kappa shape index (κ1) is 35.3. The van der Waals surface area contributed by atoms with Crippen LogP contribution in [0.4, 0.5) is 17.1 Å². The smallest absolute Gasteiger partial charge is 0.0713 e. The Hall–Kier alpha value is -6.87. The Kier molecular flexibility index (Phi) is 8.32. The van der Waals surface area contributed by atoms with Gasteiger partial charge < -0.3 is 4.90 Å². The lowest BCUT2D eigenvalue weighted by Crippen LogP contribution is -2.28. The van der Waals surface area contributed by atoms with Crippen LogP contribution >= 0.6 is 10.0 Å². The second-order valence-electron chi connectivity index (χ2n) is 16.1. The van der Waals surface area contributed by atoms with Crippen molar-refractivity contribution < 1.29 is 0 Å². The van der Waals surface area contributed by atoms with Crippen molar-refractivity contribution in [2.24, 2.45) is 0 Å². The molecule has 0 saturated carbocycles. The Morgan fingerprint density at radius 2 is 0.847 bits per heavy atom. The third kappa shape index (κ3) is 5.48. The van der Waals surface area contributed by atoms with Gasteiger partial charge in [0, 0.05) is 26.7 Å². The minimum atomic E-state index is -1.23. The largest absolute Gasteiger partial charge is 0.310 e. The van der Waals surface area contributed by atoms with E-state index in [1.165, 1.54) is 76.6 Å². The van der Waals surface area contributed by atoms with E-state index >= 15 is 0 Å². The maximum atomic E-state index is 2.49. The topological polar surface area (TPSA) is 3.24 Å². The van der Waals surface area contributed by atoms with Crippen LogP contribution in [0.15, 0.2) is 234 Å². The summed E-state index contributed by atoms with van der Waals surface area (Å²) in [5, 5.41) is 0. The van der Waals surface area contributed by atoms with Crippen LogP contribution in [0.2, 0.25) is 0 Å². The summed E-state index contributed by atoms with van der Waals surface area (Å²) in [5.41, 5.74) is 18.2. The minimum absolute atomic E-state index is 0.461. The first-order chi connectivity index (χ1) is 29.0. The van der Waals surface area contributed by atoms with Gasteiger partial charge in [0.1, 0.15) is 0 Å². The molecule has 0 aromatic heterocycles. The zero-order chi connectivity index (χ0) is 39.6. The van der Waals surface area contributed by atoms with Crippen molar-refractivity contribution >= 4 is 27.1 Å². The average Bonchev–Trinajstić information content (AvgIpc) is 3.73. The fourth-order valence-electron chi connectivity index (χ4n) is 9.94. The van der Waals surface area contributed by atoms with Crippen LogP contribution in [0.1, 0.15) is 22.3 Å². The third-order valence-corrected chi connectivity index (χ3v) is 15.5. The van der Waals surface area contributed by atoms with Crippen LogP contribution in [0.3, 0.4) is 0 Å². The number of hydrogen-bond acceptors (Lipinski definition) is 1. The van der Waals surface area contributed by atoms with Gasteiger partial charge in [-0.3, -0.25) is 0 Å². The molecule has 1 heterocycles. The molecule has 0 saturated heterocycles. The van der Waals surface area contributed by atoms with Crippen LogP contribution < -0.4 is 4.90 Å². The van der Waals surface area contributed by atoms with Gasteiger partial charge in [-0.1, -0.05) is 182 Å². The van der Waals surface area contributed by atoms with Crippen molar-refractivity contribution in [1.29, 1.82) is 0 Å². The predicted molar refractivity (Wildman–Crippen MR) is 251 cm³/mol. The summed E-state index contributed by atoms with van der Waals surface area (Å²) in [6.45, 7) is 0. The number of anilines is 3. The molecule has 0 N–H and O–H groups in total. The summed E-state index contributed by atoms with van der Waals surface area (Å²) >= 11 is 0. The zero-order valence-electron chi connectivity index (χ0n) is 33.2. The normalized spacial score (nSPS) is 14.4. The van der Waals surface area contributed by atoms with Crippen molar-refractivity contribution in [2.45, 2.75) is 15.2 Å². The molecule has 0 fully saturated rings. The summed E-state index contributed by atoms with van der Waals surface area (Å²) in [6, 6.07) is 83.2. The molecule has 1 aliphatic heterocycles. The lowest BCUT2D eigenvalue weighted by Gasteiger charge is -2.35. The third-order valence-electron chi connectivity index (χ3n) is 12.6. The molecule has 9 aromatic rings. The van der Waals surface area contributed by atoms with Gasteiger partial charge in [0.05, 0.1) is 11.1 Å². The van der Waals surface area contributed by atoms with Crippen molar-refractivity contribution in [3.63, 3.8) is 0 Å². The van der Waals surface area contributed by atoms with Crippen LogP contribution in [-0.2, 0) is 5.41 Å². The first-order valence-electron chi connectivity index (χ1n) is 20.4. The molecular weight excluding hydrogens is 731 g/mol. The standard InChI is InChI=1S/C57H43NS/c1-59(2)55-29-17-14-26-49(55)50-36-35-46(39-56(50)59)58(54-37-30-42(40-18-6-3-7-19-40)38-51(54)41-20-8-4-9-21-41)45-33-31-44(32-34-45)57(43-22-10-5-11-23-43)52-27-15-12-24-47(52)48-25-13-16-28-53(48)57/h3-39H,1-2H3. The summed E-state index contributed by atoms with van der Waals surface area (Å²) in [6.07, 6.45) is 4.90. The van der Waals surface area contributed by atoms with Crippen LogP contribution in [0.5, 0.6) is 0 Å². The van der Waals surface area contributed by atoms with E-state index in [9.17, 15) is 0 Å². The summed E-state index contributed by atoms with van der Waals surface area (Å²) in [5.74, 6) is 0. The number of rotatable bonds is 7. The maximum absolute atomic E-state index is 2.49. The molecule has 0 atom stereocenters. The Morgan fingerprint density at radius 1 is 0.339 bits per heavy atom. The molecule has 1 aliphatic carbocycles. The molecule has 11 rings (SSSR count). The summed E-state index contributed by atoms with van der Waals surface area (Å²) < 4.78 is 0. The molecule has 59 heavy (non-hydrogen) atoms. The zero-order valence-corrected chi connectivity index (χ0v) is 34.0. The fourth-order valence-corrected chi connectivity index (χ4v) is 12.5. The monoisotopic (exact) mass is 773 g/mol. The van der Waals surface area contributed by atoms with Crippen LogP contribution in [-0.4, -0.2) is 12.5 Å². The molecule has 2 heteroatoms. The summed E-state index contributed by atoms with van der Waals surface area (Å²) in [4.78, 5) is 5.39. The Labute approximate surface area is 349 Å². The van der Waals surface area contributed by atoms with E-state index in [4.69, 9.17) is 0 Å². The Morgan fingerprint density at radius 3 is 1.51 bits per heavy atom. The quantitative estimate of drug-likeness (QED) is 0.156. The van der Waals surface area contributed by atoms with E-state index in [1.807, 2.05) is 0 Å². The highest BCUT2D eigenvalue weighted by Crippen LogP contribution is 2.68. The van der Waals surface area contributed by atoms with Crippen molar-refractivity contribution in [1.82, 2.24) is 0 Å². The molecule has 0 bridgehead atoms. The van der Waals surface area contributed by atoms with Crippen molar-refractivity contribution in [3.05, 3.63) is 247 Å². The lowest BCUT2D eigenvalue weighted by atomic mass is 9.68. The molecule has 0 radical (unpaired) electrons. The molecular formula is C57H43NS. The van der Waals surface area contributed by atoms with Crippen LogP contribution in [0.25, 0.3) is 44.5 Å². The van der Waals surface area contributed by atoms with Gasteiger partial charge in [-0.25, -0.2) is 0 Å². The lowest BCUT2D eigenvalue weighted by molar-refractivity contribution is 0.768. The van der Waals surface area contributed by atoms with E-state index in [1.54, 1.807) is 0 Å². The van der Waals surface area contributed by atoms with Crippen molar-refractivity contribution in [3.8, 4) is 44.5 Å². The number of hydrogen-bond donors (Lipinski definition) is 0. The second kappa shape index (κ2) is 13.9. The average molecular weight is 774 g/mol. The first-order valence-corrected chi connectivity index (χ1v) is 22.9. The highest BCUT2D eigenvalue weighted by molar-refractivity contribution is 8.33. The van der Waals surface area contributed by atoms with E-state index in [-0.39, 0.29) is 0 Å². The van der Waals surface area contributed by atoms with Gasteiger partial charge in [-0.05, 0) is 116 Å². The minimum Gasteiger partial charge on any atom is -0.310 e. The molecule has 9 aromatic carbocycles. The fraction of sp³-hybridized carbons (Fsp3) is 0.0526. The van der Waals surface area contributed by atoms with Crippen molar-refractivity contribution in [2.75, 3.05) is 17.4 Å². The van der Waals surface area contributed by atoms with E-state index in [2.05, 4.69) is 242 Å². The maximum Gasteiger partial charge on any atom is 0.0713 e. The molecule has 282 valence electrons. The van der Waals surface area contributed by atoms with E-state index in [0.29, 0.717) is 0 Å². The van der Waals surface area contributed by atoms with Gasteiger partial charge in [0.15, 0.2) is 0 Å². The van der Waals surface area contributed by atoms with Gasteiger partial charge in [0.25, 0.3) is 0 Å². The van der Waals surface area contributed by atoms with E-state index < -0.39 is 15.4 Å².